The molecule has 1 heterocycles. The van der Waals surface area contributed by atoms with Crippen molar-refractivity contribution in [3.63, 3.8) is 0 Å². The minimum absolute atomic E-state index is 0.0446. The number of aryl methyl sites for hydroxylation is 1. The Morgan fingerprint density at radius 1 is 1.47 bits per heavy atom. The SMILES string of the molecule is CC(NCCc1ncn(C)n1)c1ccc(Br)cc1F. The lowest BCUT2D eigenvalue weighted by Gasteiger charge is -2.14. The van der Waals surface area contributed by atoms with Gasteiger partial charge in [-0.3, -0.25) is 4.68 Å². The van der Waals surface area contributed by atoms with Crippen LogP contribution in [0.5, 0.6) is 0 Å². The maximum absolute atomic E-state index is 13.8. The van der Waals surface area contributed by atoms with Crippen LogP contribution in [0.3, 0.4) is 0 Å². The topological polar surface area (TPSA) is 42.7 Å². The number of halogens is 2. The Balaban J connectivity index is 1.88. The lowest BCUT2D eigenvalue weighted by atomic mass is 10.1. The summed E-state index contributed by atoms with van der Waals surface area (Å²) in [5, 5.41) is 7.47. The predicted octanol–water partition coefficient (Wildman–Crippen LogP) is 2.61. The highest BCUT2D eigenvalue weighted by atomic mass is 79.9. The van der Waals surface area contributed by atoms with Gasteiger partial charge in [0.1, 0.15) is 12.1 Å². The highest BCUT2D eigenvalue weighted by Crippen LogP contribution is 2.20. The van der Waals surface area contributed by atoms with Crippen molar-refractivity contribution >= 4 is 15.9 Å². The molecule has 1 atom stereocenters. The second kappa shape index (κ2) is 6.25. The average Bonchev–Trinajstić information content (AvgIpc) is 2.75. The molecule has 1 N–H and O–H groups in total. The highest BCUT2D eigenvalue weighted by Gasteiger charge is 2.10. The van der Waals surface area contributed by atoms with Crippen molar-refractivity contribution < 1.29 is 4.39 Å². The quantitative estimate of drug-likeness (QED) is 0.918. The van der Waals surface area contributed by atoms with Gasteiger partial charge in [-0.15, -0.1) is 0 Å². The van der Waals surface area contributed by atoms with Gasteiger partial charge < -0.3 is 5.32 Å². The van der Waals surface area contributed by atoms with Gasteiger partial charge in [0.05, 0.1) is 0 Å². The lowest BCUT2D eigenvalue weighted by molar-refractivity contribution is 0.526. The first-order valence-corrected chi connectivity index (χ1v) is 6.88. The van der Waals surface area contributed by atoms with Crippen molar-refractivity contribution in [3.05, 3.63) is 46.2 Å². The van der Waals surface area contributed by atoms with Gasteiger partial charge >= 0.3 is 0 Å². The molecule has 1 aromatic heterocycles. The van der Waals surface area contributed by atoms with E-state index in [1.807, 2.05) is 20.0 Å². The summed E-state index contributed by atoms with van der Waals surface area (Å²) in [6, 6.07) is 5.07. The van der Waals surface area contributed by atoms with E-state index in [9.17, 15) is 4.39 Å². The second-order valence-electron chi connectivity index (χ2n) is 4.43. The molecule has 6 heteroatoms. The van der Waals surface area contributed by atoms with Crippen LogP contribution in [0.4, 0.5) is 4.39 Å². The Kier molecular flexibility index (Phi) is 4.66. The number of nitrogens with zero attached hydrogens (tertiary/aromatic N) is 3. The van der Waals surface area contributed by atoms with E-state index < -0.39 is 0 Å². The minimum atomic E-state index is -0.203. The standard InChI is InChI=1S/C13H16BrFN4/c1-9(11-4-3-10(14)7-12(11)15)16-6-5-13-17-8-19(2)18-13/h3-4,7-9,16H,5-6H2,1-2H3. The van der Waals surface area contributed by atoms with Gasteiger partial charge in [-0.25, -0.2) is 9.37 Å². The monoisotopic (exact) mass is 326 g/mol. The van der Waals surface area contributed by atoms with Crippen molar-refractivity contribution in [3.8, 4) is 0 Å². The fourth-order valence-electron chi connectivity index (χ4n) is 1.86. The number of rotatable bonds is 5. The van der Waals surface area contributed by atoms with Crippen LogP contribution in [0, 0.1) is 5.82 Å². The first kappa shape index (κ1) is 14.1. The number of benzene rings is 1. The van der Waals surface area contributed by atoms with E-state index in [0.717, 1.165) is 16.7 Å². The zero-order valence-electron chi connectivity index (χ0n) is 10.9. The Morgan fingerprint density at radius 2 is 2.26 bits per heavy atom. The zero-order valence-corrected chi connectivity index (χ0v) is 12.5. The minimum Gasteiger partial charge on any atom is -0.310 e. The van der Waals surface area contributed by atoms with Crippen LogP contribution in [-0.4, -0.2) is 21.3 Å². The first-order valence-electron chi connectivity index (χ1n) is 6.09. The summed E-state index contributed by atoms with van der Waals surface area (Å²) >= 11 is 3.25. The van der Waals surface area contributed by atoms with Gasteiger partial charge in [-0.05, 0) is 19.1 Å². The maximum Gasteiger partial charge on any atom is 0.151 e. The molecule has 0 radical (unpaired) electrons. The van der Waals surface area contributed by atoms with Crippen LogP contribution in [0.1, 0.15) is 24.4 Å². The van der Waals surface area contributed by atoms with Gasteiger partial charge in [0, 0.05) is 36.1 Å². The summed E-state index contributed by atoms with van der Waals surface area (Å²) in [6.07, 6.45) is 2.40. The van der Waals surface area contributed by atoms with Crippen molar-refractivity contribution in [1.82, 2.24) is 20.1 Å². The predicted molar refractivity (Wildman–Crippen MR) is 75.2 cm³/mol. The third-order valence-electron chi connectivity index (χ3n) is 2.88. The molecule has 0 aliphatic rings. The van der Waals surface area contributed by atoms with E-state index in [-0.39, 0.29) is 11.9 Å². The summed E-state index contributed by atoms with van der Waals surface area (Å²) in [5.74, 6) is 0.587. The molecule has 1 aromatic carbocycles. The Labute approximate surface area is 120 Å². The molecular weight excluding hydrogens is 311 g/mol. The lowest BCUT2D eigenvalue weighted by Crippen LogP contribution is -2.22. The van der Waals surface area contributed by atoms with E-state index >= 15 is 0 Å². The molecule has 2 aromatic rings. The zero-order chi connectivity index (χ0) is 13.8. The maximum atomic E-state index is 13.8. The van der Waals surface area contributed by atoms with Crippen LogP contribution in [-0.2, 0) is 13.5 Å². The molecule has 0 aliphatic carbocycles. The van der Waals surface area contributed by atoms with Gasteiger partial charge in [0.25, 0.3) is 0 Å². The Hall–Kier alpha value is -1.27. The molecule has 0 amide bonds. The number of hydrogen-bond donors (Lipinski definition) is 1. The molecular formula is C13H16BrFN4. The molecule has 0 saturated heterocycles. The average molecular weight is 327 g/mol. The van der Waals surface area contributed by atoms with E-state index in [2.05, 4.69) is 31.3 Å². The van der Waals surface area contributed by atoms with Crippen LogP contribution in [0.25, 0.3) is 0 Å². The van der Waals surface area contributed by atoms with Gasteiger partial charge in [-0.1, -0.05) is 22.0 Å². The fraction of sp³-hybridized carbons (Fsp3) is 0.385. The summed E-state index contributed by atoms with van der Waals surface area (Å²) in [5.41, 5.74) is 0.664. The first-order chi connectivity index (χ1) is 9.06. The molecule has 19 heavy (non-hydrogen) atoms. The van der Waals surface area contributed by atoms with Gasteiger partial charge in [0.15, 0.2) is 5.82 Å². The molecule has 102 valence electrons. The molecule has 0 bridgehead atoms. The van der Waals surface area contributed by atoms with Crippen LogP contribution < -0.4 is 5.32 Å². The second-order valence-corrected chi connectivity index (χ2v) is 5.34. The van der Waals surface area contributed by atoms with Crippen molar-refractivity contribution in [1.29, 1.82) is 0 Å². The highest BCUT2D eigenvalue weighted by molar-refractivity contribution is 9.10. The summed E-state index contributed by atoms with van der Waals surface area (Å²) in [4.78, 5) is 4.15. The van der Waals surface area contributed by atoms with Crippen molar-refractivity contribution in [2.75, 3.05) is 6.54 Å². The fourth-order valence-corrected chi connectivity index (χ4v) is 2.19. The summed E-state index contributed by atoms with van der Waals surface area (Å²) in [7, 11) is 1.84. The van der Waals surface area contributed by atoms with E-state index in [1.165, 1.54) is 6.07 Å². The molecule has 0 spiro atoms. The Morgan fingerprint density at radius 3 is 2.89 bits per heavy atom. The third-order valence-corrected chi connectivity index (χ3v) is 3.37. The van der Waals surface area contributed by atoms with Gasteiger partial charge in [0.2, 0.25) is 0 Å². The molecule has 2 rings (SSSR count). The van der Waals surface area contributed by atoms with Crippen LogP contribution in [0.2, 0.25) is 0 Å². The Bertz CT molecular complexity index is 555. The smallest absolute Gasteiger partial charge is 0.151 e. The number of hydrogen-bond acceptors (Lipinski definition) is 3. The molecule has 0 saturated carbocycles. The van der Waals surface area contributed by atoms with E-state index in [4.69, 9.17) is 0 Å². The largest absolute Gasteiger partial charge is 0.310 e. The summed E-state index contributed by atoms with van der Waals surface area (Å²) in [6.45, 7) is 2.65. The van der Waals surface area contributed by atoms with E-state index in [0.29, 0.717) is 12.1 Å². The molecule has 0 fully saturated rings. The number of aromatic nitrogens is 3. The van der Waals surface area contributed by atoms with Crippen LogP contribution >= 0.6 is 15.9 Å². The molecule has 4 nitrogen and oxygen atoms in total. The number of nitrogens with one attached hydrogen (secondary N) is 1. The molecule has 1 unspecified atom stereocenters. The normalized spacial score (nSPS) is 12.6. The van der Waals surface area contributed by atoms with Crippen LogP contribution in [0.15, 0.2) is 29.0 Å². The van der Waals surface area contributed by atoms with Crippen molar-refractivity contribution in [2.45, 2.75) is 19.4 Å². The summed E-state index contributed by atoms with van der Waals surface area (Å²) < 4.78 is 16.2. The third kappa shape index (κ3) is 3.84. The van der Waals surface area contributed by atoms with Crippen molar-refractivity contribution in [2.24, 2.45) is 7.05 Å². The van der Waals surface area contributed by atoms with Gasteiger partial charge in [-0.2, -0.15) is 5.10 Å². The molecule has 0 aliphatic heterocycles. The van der Waals surface area contributed by atoms with E-state index in [1.54, 1.807) is 17.1 Å².